The first-order valence-corrected chi connectivity index (χ1v) is 20.0. The molecule has 0 bridgehead atoms. The first-order valence-electron chi connectivity index (χ1n) is 17.1. The van der Waals surface area contributed by atoms with Crippen molar-refractivity contribution in [3.05, 3.63) is 70.9 Å². The number of fused-ring (bicyclic) bond motifs is 1. The molecule has 3 aromatic rings. The molecular weight excluding hydrogens is 674 g/mol. The summed E-state index contributed by atoms with van der Waals surface area (Å²) < 4.78 is 70.7. The van der Waals surface area contributed by atoms with Crippen LogP contribution in [0.1, 0.15) is 54.5 Å². The van der Waals surface area contributed by atoms with Crippen molar-refractivity contribution in [3.8, 4) is 11.3 Å². The molecule has 0 saturated carbocycles. The van der Waals surface area contributed by atoms with Gasteiger partial charge in [0.2, 0.25) is 15.9 Å². The fourth-order valence-electron chi connectivity index (χ4n) is 7.20. The van der Waals surface area contributed by atoms with Gasteiger partial charge in [-0.25, -0.2) is 8.42 Å². The number of nitrogens with one attached hydrogen (secondary N) is 1. The van der Waals surface area contributed by atoms with Crippen molar-refractivity contribution in [2.75, 3.05) is 51.3 Å². The quantitative estimate of drug-likeness (QED) is 0.191. The van der Waals surface area contributed by atoms with Gasteiger partial charge in [-0.3, -0.25) is 9.48 Å². The highest BCUT2D eigenvalue weighted by molar-refractivity contribution is 7.99. The second-order valence-corrected chi connectivity index (χ2v) is 16.3. The van der Waals surface area contributed by atoms with Crippen LogP contribution in [0.3, 0.4) is 0 Å². The number of sulfonamides is 1. The van der Waals surface area contributed by atoms with Crippen molar-refractivity contribution in [3.63, 3.8) is 0 Å². The maximum atomic E-state index is 14.1. The number of carbonyl (C=O) groups excluding carboxylic acids is 1. The Hall–Kier alpha value is -2.91. The number of halogens is 3. The SMILES string of the molecule is CS(=O)(=O)N1CCc2c(c(-c3ccc(C(F)(F)F)c(SCCNCc4ccccc4)c3)nn2CCCN2CCC(N3CCCC3=O)CC2)C1. The van der Waals surface area contributed by atoms with Gasteiger partial charge in [0.15, 0.2) is 0 Å². The molecule has 2 fully saturated rings. The number of carbonyl (C=O) groups is 1. The first kappa shape index (κ1) is 35.9. The Kier molecular flexibility index (Phi) is 11.4. The van der Waals surface area contributed by atoms with Gasteiger partial charge in [-0.1, -0.05) is 36.4 Å². The summed E-state index contributed by atoms with van der Waals surface area (Å²) in [6, 6.07) is 14.3. The molecule has 0 unspecified atom stereocenters. The lowest BCUT2D eigenvalue weighted by Gasteiger charge is -2.36. The molecule has 3 aliphatic rings. The lowest BCUT2D eigenvalue weighted by Crippen LogP contribution is -2.45. The molecule has 1 amide bonds. The standard InChI is InChI=1S/C35H45F3N6O3S2/c1-49(46,47)42-21-14-31-29(25-42)34(40-44(31)18-6-16-41-19-12-28(13-20-41)43-17-5-9-33(43)45)27-10-11-30(35(36,37)38)32(23-27)48-22-15-39-24-26-7-3-2-4-8-26/h2-4,7-8,10-11,23,28,39H,5-6,9,12-22,24-25H2,1H3. The summed E-state index contributed by atoms with van der Waals surface area (Å²) in [4.78, 5) is 16.8. The minimum absolute atomic E-state index is 0.129. The van der Waals surface area contributed by atoms with Crippen LogP contribution in [-0.4, -0.2) is 95.5 Å². The lowest BCUT2D eigenvalue weighted by molar-refractivity contribution is -0.139. The zero-order chi connectivity index (χ0) is 34.6. The highest BCUT2D eigenvalue weighted by Crippen LogP contribution is 2.40. The van der Waals surface area contributed by atoms with Crippen LogP contribution in [0.25, 0.3) is 11.3 Å². The first-order chi connectivity index (χ1) is 23.5. The number of hydrogen-bond acceptors (Lipinski definition) is 7. The Labute approximate surface area is 291 Å². The Balaban J connectivity index is 1.16. The molecule has 0 aliphatic carbocycles. The normalized spacial score (nSPS) is 18.4. The van der Waals surface area contributed by atoms with Crippen LogP contribution in [0.2, 0.25) is 0 Å². The molecule has 0 spiro atoms. The largest absolute Gasteiger partial charge is 0.417 e. The van der Waals surface area contributed by atoms with E-state index in [9.17, 15) is 26.4 Å². The van der Waals surface area contributed by atoms with E-state index in [1.165, 1.54) is 16.6 Å². The van der Waals surface area contributed by atoms with Crippen LogP contribution in [-0.2, 0) is 47.0 Å². The molecule has 6 rings (SSSR count). The van der Waals surface area contributed by atoms with Crippen molar-refractivity contribution in [2.45, 2.75) is 75.3 Å². The number of rotatable bonds is 13. The summed E-state index contributed by atoms with van der Waals surface area (Å²) in [5.74, 6) is 0.723. The molecule has 9 nitrogen and oxygen atoms in total. The van der Waals surface area contributed by atoms with E-state index in [2.05, 4.69) is 15.1 Å². The zero-order valence-electron chi connectivity index (χ0n) is 27.9. The van der Waals surface area contributed by atoms with E-state index < -0.39 is 21.8 Å². The summed E-state index contributed by atoms with van der Waals surface area (Å²) in [5.41, 5.74) is 3.21. The minimum Gasteiger partial charge on any atom is -0.340 e. The second kappa shape index (κ2) is 15.5. The topological polar surface area (TPSA) is 90.8 Å². The molecule has 1 N–H and O–H groups in total. The number of benzene rings is 2. The van der Waals surface area contributed by atoms with E-state index in [1.807, 2.05) is 35.0 Å². The average Bonchev–Trinajstić information content (AvgIpc) is 3.67. The van der Waals surface area contributed by atoms with Crippen LogP contribution in [0, 0.1) is 0 Å². The van der Waals surface area contributed by atoms with Crippen molar-refractivity contribution in [1.82, 2.24) is 29.2 Å². The second-order valence-electron chi connectivity index (χ2n) is 13.2. The minimum atomic E-state index is -4.51. The number of amides is 1. The maximum absolute atomic E-state index is 14.1. The van der Waals surface area contributed by atoms with E-state index in [-0.39, 0.29) is 17.3 Å². The third-order valence-corrected chi connectivity index (χ3v) is 12.1. The predicted molar refractivity (Wildman–Crippen MR) is 186 cm³/mol. The number of aryl methyl sites for hydroxylation is 1. The van der Waals surface area contributed by atoms with E-state index >= 15 is 0 Å². The van der Waals surface area contributed by atoms with Crippen LogP contribution < -0.4 is 5.32 Å². The van der Waals surface area contributed by atoms with Gasteiger partial charge in [0.1, 0.15) is 0 Å². The van der Waals surface area contributed by atoms with Gasteiger partial charge >= 0.3 is 6.18 Å². The molecule has 49 heavy (non-hydrogen) atoms. The van der Waals surface area contributed by atoms with E-state index in [0.717, 1.165) is 86.5 Å². The number of alkyl halides is 3. The Morgan fingerprint density at radius 3 is 2.47 bits per heavy atom. The smallest absolute Gasteiger partial charge is 0.340 e. The van der Waals surface area contributed by atoms with E-state index in [0.29, 0.717) is 62.1 Å². The fourth-order valence-corrected chi connectivity index (χ4v) is 9.01. The molecule has 1 aromatic heterocycles. The molecular formula is C35H45F3N6O3S2. The van der Waals surface area contributed by atoms with Crippen LogP contribution >= 0.6 is 11.8 Å². The van der Waals surface area contributed by atoms with Gasteiger partial charge in [0.05, 0.1) is 17.5 Å². The monoisotopic (exact) mass is 718 g/mol. The van der Waals surface area contributed by atoms with Crippen molar-refractivity contribution in [1.29, 1.82) is 0 Å². The van der Waals surface area contributed by atoms with Crippen molar-refractivity contribution < 1.29 is 26.4 Å². The number of hydrogen-bond donors (Lipinski definition) is 1. The van der Waals surface area contributed by atoms with Gasteiger partial charge in [0.25, 0.3) is 0 Å². The van der Waals surface area contributed by atoms with Gasteiger partial charge in [-0.15, -0.1) is 11.8 Å². The summed E-state index contributed by atoms with van der Waals surface area (Å²) in [6.07, 6.45) is 1.57. The van der Waals surface area contributed by atoms with Crippen molar-refractivity contribution >= 4 is 27.7 Å². The van der Waals surface area contributed by atoms with Gasteiger partial charge in [-0.05, 0) is 49.9 Å². The van der Waals surface area contributed by atoms with Gasteiger partial charge < -0.3 is 15.1 Å². The maximum Gasteiger partial charge on any atom is 0.417 e. The number of thioether (sulfide) groups is 1. The van der Waals surface area contributed by atoms with E-state index in [1.54, 1.807) is 6.07 Å². The van der Waals surface area contributed by atoms with E-state index in [4.69, 9.17) is 5.10 Å². The molecule has 14 heteroatoms. The Morgan fingerprint density at radius 2 is 1.78 bits per heavy atom. The molecule has 3 aliphatic heterocycles. The fraction of sp³-hybridized carbons (Fsp3) is 0.543. The summed E-state index contributed by atoms with van der Waals surface area (Å²) in [6.45, 7) is 5.89. The lowest BCUT2D eigenvalue weighted by atomic mass is 10.0. The summed E-state index contributed by atoms with van der Waals surface area (Å²) in [5, 5.41) is 8.24. The molecule has 4 heterocycles. The molecule has 2 aromatic carbocycles. The van der Waals surface area contributed by atoms with Gasteiger partial charge in [0, 0.05) is 98.7 Å². The molecule has 266 valence electrons. The molecule has 0 atom stereocenters. The number of likely N-dealkylation sites (tertiary alicyclic amines) is 2. The Bertz CT molecular complexity index is 1710. The highest BCUT2D eigenvalue weighted by Gasteiger charge is 2.35. The summed E-state index contributed by atoms with van der Waals surface area (Å²) >= 11 is 1.15. The zero-order valence-corrected chi connectivity index (χ0v) is 29.6. The van der Waals surface area contributed by atoms with Crippen LogP contribution in [0.5, 0.6) is 0 Å². The summed E-state index contributed by atoms with van der Waals surface area (Å²) in [7, 11) is -3.47. The number of aromatic nitrogens is 2. The highest BCUT2D eigenvalue weighted by atomic mass is 32.2. The predicted octanol–water partition coefficient (Wildman–Crippen LogP) is 5.25. The molecule has 2 saturated heterocycles. The van der Waals surface area contributed by atoms with Crippen LogP contribution in [0.15, 0.2) is 53.4 Å². The Morgan fingerprint density at radius 1 is 1.00 bits per heavy atom. The van der Waals surface area contributed by atoms with Crippen molar-refractivity contribution in [2.24, 2.45) is 0 Å². The molecule has 0 radical (unpaired) electrons. The third-order valence-electron chi connectivity index (χ3n) is 9.79. The average molecular weight is 719 g/mol. The third kappa shape index (κ3) is 8.88. The van der Waals surface area contributed by atoms with Crippen LogP contribution in [0.4, 0.5) is 13.2 Å². The number of piperidine rings is 1. The number of nitrogens with zero attached hydrogens (tertiary/aromatic N) is 5. The van der Waals surface area contributed by atoms with Gasteiger partial charge in [-0.2, -0.15) is 22.6 Å².